The van der Waals surface area contributed by atoms with E-state index in [4.69, 9.17) is 42.8 Å². The SMILES string of the molecule is C=CC(=O)Nc1cccc(CCc2nc3c(=C4C(Cl)=C(OC)C=C(OC)C4Cl)cc4c(n3n2)=NC(=NC)NC4)c1. The highest BCUT2D eigenvalue weighted by Gasteiger charge is 2.30. The van der Waals surface area contributed by atoms with Gasteiger partial charge in [0.2, 0.25) is 11.9 Å². The van der Waals surface area contributed by atoms with E-state index in [1.54, 1.807) is 24.7 Å². The Kier molecular flexibility index (Phi) is 7.90. The molecule has 2 N–H and O–H groups in total. The Labute approximate surface area is 240 Å². The van der Waals surface area contributed by atoms with Crippen molar-refractivity contribution in [3.05, 3.63) is 93.3 Å². The fourth-order valence-electron chi connectivity index (χ4n) is 4.58. The Balaban J connectivity index is 1.65. The highest BCUT2D eigenvalue weighted by atomic mass is 35.5. The summed E-state index contributed by atoms with van der Waals surface area (Å²) in [5, 5.41) is 11.2. The highest BCUT2D eigenvalue weighted by Crippen LogP contribution is 2.36. The van der Waals surface area contributed by atoms with E-state index < -0.39 is 5.38 Å². The van der Waals surface area contributed by atoms with Crippen LogP contribution >= 0.6 is 23.2 Å². The Morgan fingerprint density at radius 3 is 2.85 bits per heavy atom. The Morgan fingerprint density at radius 1 is 1.30 bits per heavy atom. The highest BCUT2D eigenvalue weighted by molar-refractivity contribution is 6.41. The van der Waals surface area contributed by atoms with Gasteiger partial charge >= 0.3 is 0 Å². The summed E-state index contributed by atoms with van der Waals surface area (Å²) in [6.07, 6.45) is 4.10. The van der Waals surface area contributed by atoms with Crippen LogP contribution in [0.4, 0.5) is 5.69 Å². The predicted octanol–water partition coefficient (Wildman–Crippen LogP) is 2.75. The fraction of sp³-hybridized carbons (Fsp3) is 0.250. The van der Waals surface area contributed by atoms with E-state index in [-0.39, 0.29) is 5.91 Å². The molecule has 2 aliphatic rings. The summed E-state index contributed by atoms with van der Waals surface area (Å²) < 4.78 is 12.8. The van der Waals surface area contributed by atoms with Gasteiger partial charge in [0.1, 0.15) is 16.9 Å². The van der Waals surface area contributed by atoms with Gasteiger partial charge in [-0.2, -0.15) is 9.51 Å². The maximum absolute atomic E-state index is 11.7. The number of ether oxygens (including phenoxy) is 2. The number of carbonyl (C=O) groups excluding carboxylic acids is 1. The number of nitrogens with one attached hydrogen (secondary N) is 2. The molecule has 0 bridgehead atoms. The summed E-state index contributed by atoms with van der Waals surface area (Å²) in [6.45, 7) is 3.98. The number of nitrogens with zero attached hydrogens (tertiary/aromatic N) is 5. The van der Waals surface area contributed by atoms with Gasteiger partial charge in [0.15, 0.2) is 17.0 Å². The molecular weight excluding hydrogens is 553 g/mol. The number of pyridine rings is 1. The van der Waals surface area contributed by atoms with Gasteiger partial charge in [-0.3, -0.25) is 9.79 Å². The van der Waals surface area contributed by atoms with Gasteiger partial charge in [0.25, 0.3) is 0 Å². The molecule has 1 unspecified atom stereocenters. The molecular formula is C28H27Cl2N7O3. The molecule has 0 saturated heterocycles. The zero-order chi connectivity index (χ0) is 28.4. The number of benzene rings is 1. The monoisotopic (exact) mass is 579 g/mol. The van der Waals surface area contributed by atoms with Gasteiger partial charge in [0, 0.05) is 48.1 Å². The third-order valence-corrected chi connectivity index (χ3v) is 7.37. The number of rotatable bonds is 7. The number of hydrogen-bond donors (Lipinski definition) is 2. The Bertz CT molecular complexity index is 1740. The molecule has 2 aromatic heterocycles. The number of anilines is 1. The zero-order valence-electron chi connectivity index (χ0n) is 22.2. The lowest BCUT2D eigenvalue weighted by molar-refractivity contribution is -0.111. The second-order valence-corrected chi connectivity index (χ2v) is 9.80. The summed E-state index contributed by atoms with van der Waals surface area (Å²) in [7, 11) is 4.76. The van der Waals surface area contributed by atoms with E-state index in [1.165, 1.54) is 13.2 Å². The van der Waals surface area contributed by atoms with Gasteiger partial charge in [-0.25, -0.2) is 4.98 Å². The minimum Gasteiger partial charge on any atom is -0.499 e. The number of fused-ring (bicyclic) bond motifs is 3. The number of carbonyl (C=O) groups is 1. The third-order valence-electron chi connectivity index (χ3n) is 6.55. The van der Waals surface area contributed by atoms with Crippen molar-refractivity contribution in [2.45, 2.75) is 24.8 Å². The number of halogens is 2. The summed E-state index contributed by atoms with van der Waals surface area (Å²) in [5.41, 5.74) is 4.37. The van der Waals surface area contributed by atoms with Crippen LogP contribution in [0.15, 0.2) is 75.6 Å². The second-order valence-electron chi connectivity index (χ2n) is 8.99. The molecule has 1 aliphatic carbocycles. The van der Waals surface area contributed by atoms with E-state index in [2.05, 4.69) is 27.2 Å². The van der Waals surface area contributed by atoms with Crippen molar-refractivity contribution in [3.63, 3.8) is 0 Å². The molecule has 3 heterocycles. The predicted molar refractivity (Wildman–Crippen MR) is 155 cm³/mol. The number of guanidine groups is 1. The first-order valence-corrected chi connectivity index (χ1v) is 13.3. The van der Waals surface area contributed by atoms with Crippen LogP contribution in [-0.4, -0.2) is 53.1 Å². The number of allylic oxidation sites excluding steroid dienone is 3. The van der Waals surface area contributed by atoms with E-state index in [1.807, 2.05) is 30.3 Å². The van der Waals surface area contributed by atoms with E-state index in [0.717, 1.165) is 11.1 Å². The van der Waals surface area contributed by atoms with Crippen LogP contribution in [0.2, 0.25) is 0 Å². The molecule has 0 fully saturated rings. The fourth-order valence-corrected chi connectivity index (χ4v) is 5.36. The molecule has 1 aromatic carbocycles. The summed E-state index contributed by atoms with van der Waals surface area (Å²) in [6, 6.07) is 9.59. The molecule has 0 saturated carbocycles. The summed E-state index contributed by atoms with van der Waals surface area (Å²) in [5.74, 6) is 1.78. The van der Waals surface area contributed by atoms with Crippen LogP contribution in [0.3, 0.4) is 0 Å². The van der Waals surface area contributed by atoms with Crippen LogP contribution in [0, 0.1) is 0 Å². The number of aryl methyl sites for hydroxylation is 2. The minimum absolute atomic E-state index is 0.265. The first-order chi connectivity index (χ1) is 19.4. The first kappa shape index (κ1) is 27.4. The molecule has 0 spiro atoms. The summed E-state index contributed by atoms with van der Waals surface area (Å²) >= 11 is 13.7. The first-order valence-electron chi connectivity index (χ1n) is 12.4. The Hall–Kier alpha value is -4.15. The van der Waals surface area contributed by atoms with Crippen LogP contribution in [0.25, 0.3) is 11.2 Å². The van der Waals surface area contributed by atoms with Crippen LogP contribution < -0.4 is 21.3 Å². The smallest absolute Gasteiger partial charge is 0.247 e. The van der Waals surface area contributed by atoms with Crippen molar-refractivity contribution >= 4 is 52.0 Å². The van der Waals surface area contributed by atoms with Gasteiger partial charge in [-0.05, 0) is 36.3 Å². The molecule has 40 heavy (non-hydrogen) atoms. The molecule has 1 aliphatic heterocycles. The van der Waals surface area contributed by atoms with Crippen LogP contribution in [0.5, 0.6) is 0 Å². The van der Waals surface area contributed by atoms with E-state index in [9.17, 15) is 4.79 Å². The normalized spacial score (nSPS) is 19.0. The van der Waals surface area contributed by atoms with Crippen molar-refractivity contribution in [2.75, 3.05) is 26.6 Å². The van der Waals surface area contributed by atoms with Gasteiger partial charge in [-0.1, -0.05) is 30.3 Å². The molecule has 12 heteroatoms. The van der Waals surface area contributed by atoms with E-state index in [0.29, 0.717) is 75.3 Å². The average Bonchev–Trinajstić information content (AvgIpc) is 3.41. The summed E-state index contributed by atoms with van der Waals surface area (Å²) in [4.78, 5) is 25.5. The molecule has 1 amide bonds. The number of aliphatic imine (C=N–C) groups is 1. The topological polar surface area (TPSA) is 114 Å². The Morgan fingerprint density at radius 2 is 2.12 bits per heavy atom. The molecule has 0 radical (unpaired) electrons. The molecule has 206 valence electrons. The number of alkyl halides is 1. The van der Waals surface area contributed by atoms with Gasteiger partial charge in [0.05, 0.1) is 19.3 Å². The number of amides is 1. The van der Waals surface area contributed by atoms with Crippen molar-refractivity contribution < 1.29 is 14.3 Å². The third kappa shape index (κ3) is 5.20. The number of hydrogen-bond acceptors (Lipinski definition) is 6. The zero-order valence-corrected chi connectivity index (χ0v) is 23.7. The lowest BCUT2D eigenvalue weighted by Gasteiger charge is -2.23. The molecule has 3 aromatic rings. The number of methoxy groups -OCH3 is 2. The molecule has 5 rings (SSSR count). The van der Waals surface area contributed by atoms with Crippen molar-refractivity contribution in [1.29, 1.82) is 0 Å². The lowest BCUT2D eigenvalue weighted by atomic mass is 10.0. The van der Waals surface area contributed by atoms with Crippen LogP contribution in [-0.2, 0) is 33.7 Å². The quantitative estimate of drug-likeness (QED) is 0.328. The maximum atomic E-state index is 11.7. The molecule has 10 nitrogen and oxygen atoms in total. The lowest BCUT2D eigenvalue weighted by Crippen LogP contribution is -2.38. The second kappa shape index (κ2) is 11.5. The maximum Gasteiger partial charge on any atom is 0.247 e. The van der Waals surface area contributed by atoms with Gasteiger partial charge < -0.3 is 20.1 Å². The van der Waals surface area contributed by atoms with Crippen molar-refractivity contribution in [2.24, 2.45) is 9.98 Å². The number of aromatic nitrogens is 3. The standard InChI is InChI=1S/C28H27Cl2N7O3/c1-5-22(38)33-17-8-6-7-15(11-17)9-10-21-34-27-18(23-24(29)19(39-3)13-20(40-4)25(23)30)12-16-14-32-28(31-2)35-26(16)37(27)36-21/h5-8,11-13,24H,1,9-10,14H2,2-4H3,(H,31,32)(H,33,38). The van der Waals surface area contributed by atoms with Crippen LogP contribution in [0.1, 0.15) is 17.0 Å². The van der Waals surface area contributed by atoms with Gasteiger partial charge in [-0.15, -0.1) is 16.7 Å². The van der Waals surface area contributed by atoms with Crippen molar-refractivity contribution in [3.8, 4) is 0 Å². The minimum atomic E-state index is -0.673. The van der Waals surface area contributed by atoms with Crippen molar-refractivity contribution in [1.82, 2.24) is 19.9 Å². The molecule has 1 atom stereocenters. The average molecular weight is 580 g/mol. The largest absolute Gasteiger partial charge is 0.499 e. The van der Waals surface area contributed by atoms with E-state index >= 15 is 0 Å².